The maximum absolute atomic E-state index is 5.24. The van der Waals surface area contributed by atoms with Gasteiger partial charge in [-0.15, -0.1) is 0 Å². The number of fused-ring (bicyclic) bond motifs is 1. The molecule has 4 aromatic rings. The van der Waals surface area contributed by atoms with E-state index in [2.05, 4.69) is 20.3 Å². The zero-order valence-electron chi connectivity index (χ0n) is 14.0. The summed E-state index contributed by atoms with van der Waals surface area (Å²) < 4.78 is 7.26. The molecule has 0 aliphatic heterocycles. The fraction of sp³-hybridized carbons (Fsp3) is 0.105. The van der Waals surface area contributed by atoms with Crippen molar-refractivity contribution in [3.8, 4) is 11.4 Å². The van der Waals surface area contributed by atoms with Crippen LogP contribution in [0.25, 0.3) is 16.7 Å². The van der Waals surface area contributed by atoms with E-state index in [1.54, 1.807) is 19.5 Å². The smallest absolute Gasteiger partial charge is 0.229 e. The van der Waals surface area contributed by atoms with E-state index < -0.39 is 0 Å². The molecule has 0 saturated carbocycles. The Morgan fingerprint density at radius 3 is 2.68 bits per heavy atom. The summed E-state index contributed by atoms with van der Waals surface area (Å²) in [5.74, 6) is 1.38. The third kappa shape index (κ3) is 2.89. The van der Waals surface area contributed by atoms with E-state index in [0.29, 0.717) is 5.95 Å². The van der Waals surface area contributed by atoms with E-state index in [1.165, 1.54) is 0 Å². The second-order valence-corrected chi connectivity index (χ2v) is 5.67. The van der Waals surface area contributed by atoms with Crippen LogP contribution in [0.5, 0.6) is 5.75 Å². The van der Waals surface area contributed by atoms with E-state index >= 15 is 0 Å². The maximum atomic E-state index is 5.24. The number of nitrogens with one attached hydrogen (secondary N) is 1. The number of hydrogen-bond acceptors (Lipinski definition) is 5. The van der Waals surface area contributed by atoms with E-state index in [1.807, 2.05) is 60.3 Å². The second kappa shape index (κ2) is 6.24. The molecule has 0 radical (unpaired) electrons. The van der Waals surface area contributed by atoms with Gasteiger partial charge in [-0.1, -0.05) is 0 Å². The van der Waals surface area contributed by atoms with Crippen LogP contribution in [-0.4, -0.2) is 26.6 Å². The Morgan fingerprint density at radius 1 is 1.08 bits per heavy atom. The minimum Gasteiger partial charge on any atom is -0.497 e. The van der Waals surface area contributed by atoms with Gasteiger partial charge in [-0.05, 0) is 48.9 Å². The third-order valence-corrected chi connectivity index (χ3v) is 4.05. The summed E-state index contributed by atoms with van der Waals surface area (Å²) in [6, 6.07) is 11.7. The van der Waals surface area contributed by atoms with Crippen molar-refractivity contribution < 1.29 is 4.74 Å². The van der Waals surface area contributed by atoms with E-state index in [9.17, 15) is 0 Å². The van der Waals surface area contributed by atoms with Crippen LogP contribution in [0.4, 0.5) is 11.6 Å². The number of aryl methyl sites for hydroxylation is 1. The van der Waals surface area contributed by atoms with Crippen molar-refractivity contribution in [2.45, 2.75) is 6.92 Å². The number of ether oxygens (including phenoxy) is 1. The van der Waals surface area contributed by atoms with Gasteiger partial charge in [-0.25, -0.2) is 4.98 Å². The summed E-state index contributed by atoms with van der Waals surface area (Å²) in [5, 5.41) is 4.26. The molecule has 0 amide bonds. The van der Waals surface area contributed by atoms with Crippen molar-refractivity contribution in [1.29, 1.82) is 0 Å². The average Bonchev–Trinajstić information content (AvgIpc) is 3.07. The standard InChI is InChI=1S/C19H17N5O/c1-13-11-16(25-2)3-4-17(13)22-19-21-12-14-7-10-24(18(14)23-19)15-5-8-20-9-6-15/h3-12H,1-2H3,(H,21,22,23). The molecule has 0 atom stereocenters. The molecule has 25 heavy (non-hydrogen) atoms. The number of nitrogens with zero attached hydrogens (tertiary/aromatic N) is 4. The molecule has 0 bridgehead atoms. The van der Waals surface area contributed by atoms with E-state index in [-0.39, 0.29) is 0 Å². The van der Waals surface area contributed by atoms with Crippen LogP contribution < -0.4 is 10.1 Å². The molecular weight excluding hydrogens is 314 g/mol. The molecule has 124 valence electrons. The van der Waals surface area contributed by atoms with Gasteiger partial charge in [0, 0.05) is 35.9 Å². The lowest BCUT2D eigenvalue weighted by Gasteiger charge is -2.10. The van der Waals surface area contributed by atoms with Gasteiger partial charge in [-0.2, -0.15) is 4.98 Å². The largest absolute Gasteiger partial charge is 0.497 e. The summed E-state index contributed by atoms with van der Waals surface area (Å²) in [4.78, 5) is 13.2. The normalized spacial score (nSPS) is 10.8. The minimum atomic E-state index is 0.551. The van der Waals surface area contributed by atoms with Crippen molar-refractivity contribution in [1.82, 2.24) is 19.5 Å². The SMILES string of the molecule is COc1ccc(Nc2ncc3ccn(-c4ccncc4)c3n2)c(C)c1. The van der Waals surface area contributed by atoms with Crippen LogP contribution in [0, 0.1) is 6.92 Å². The highest BCUT2D eigenvalue weighted by molar-refractivity contribution is 5.79. The van der Waals surface area contributed by atoms with Crippen LogP contribution in [0.15, 0.2) is 61.2 Å². The van der Waals surface area contributed by atoms with Crippen molar-refractivity contribution in [2.24, 2.45) is 0 Å². The molecule has 6 heteroatoms. The first kappa shape index (κ1) is 15.1. The highest BCUT2D eigenvalue weighted by Gasteiger charge is 2.08. The van der Waals surface area contributed by atoms with Gasteiger partial charge >= 0.3 is 0 Å². The van der Waals surface area contributed by atoms with Gasteiger partial charge in [0.15, 0.2) is 0 Å². The van der Waals surface area contributed by atoms with Gasteiger partial charge in [0.1, 0.15) is 11.4 Å². The molecule has 1 aromatic carbocycles. The Kier molecular flexibility index (Phi) is 3.78. The molecule has 3 aromatic heterocycles. The lowest BCUT2D eigenvalue weighted by Crippen LogP contribution is -2.01. The zero-order valence-corrected chi connectivity index (χ0v) is 14.0. The molecule has 3 heterocycles. The summed E-state index contributed by atoms with van der Waals surface area (Å²) in [6.07, 6.45) is 7.34. The first-order valence-electron chi connectivity index (χ1n) is 7.91. The van der Waals surface area contributed by atoms with Crippen molar-refractivity contribution in [2.75, 3.05) is 12.4 Å². The number of hydrogen-bond donors (Lipinski definition) is 1. The van der Waals surface area contributed by atoms with Crippen molar-refractivity contribution in [3.63, 3.8) is 0 Å². The molecule has 0 aliphatic carbocycles. The number of anilines is 2. The molecule has 0 fully saturated rings. The van der Waals surface area contributed by atoms with Crippen LogP contribution in [0.2, 0.25) is 0 Å². The third-order valence-electron chi connectivity index (χ3n) is 4.05. The predicted octanol–water partition coefficient (Wildman–Crippen LogP) is 3.88. The van der Waals surface area contributed by atoms with Crippen molar-refractivity contribution >= 4 is 22.7 Å². The quantitative estimate of drug-likeness (QED) is 0.615. The highest BCUT2D eigenvalue weighted by atomic mass is 16.5. The zero-order chi connectivity index (χ0) is 17.2. The van der Waals surface area contributed by atoms with Gasteiger partial charge in [0.2, 0.25) is 5.95 Å². The van der Waals surface area contributed by atoms with Crippen LogP contribution in [-0.2, 0) is 0 Å². The monoisotopic (exact) mass is 331 g/mol. The number of pyridine rings is 1. The van der Waals surface area contributed by atoms with Gasteiger partial charge in [0.05, 0.1) is 12.8 Å². The Balaban J connectivity index is 1.72. The number of benzene rings is 1. The van der Waals surface area contributed by atoms with Crippen molar-refractivity contribution in [3.05, 3.63) is 66.7 Å². The predicted molar refractivity (Wildman–Crippen MR) is 97.7 cm³/mol. The number of rotatable bonds is 4. The Hall–Kier alpha value is -3.41. The lowest BCUT2D eigenvalue weighted by atomic mass is 10.2. The average molecular weight is 331 g/mol. The van der Waals surface area contributed by atoms with Gasteiger partial charge in [0.25, 0.3) is 0 Å². The highest BCUT2D eigenvalue weighted by Crippen LogP contribution is 2.24. The number of methoxy groups -OCH3 is 1. The lowest BCUT2D eigenvalue weighted by molar-refractivity contribution is 0.414. The van der Waals surface area contributed by atoms with Crippen LogP contribution >= 0.6 is 0 Å². The molecule has 0 saturated heterocycles. The summed E-state index contributed by atoms with van der Waals surface area (Å²) in [6.45, 7) is 2.02. The summed E-state index contributed by atoms with van der Waals surface area (Å²) in [5.41, 5.74) is 3.86. The molecule has 0 spiro atoms. The van der Waals surface area contributed by atoms with Gasteiger partial charge < -0.3 is 14.6 Å². The first-order chi connectivity index (χ1) is 12.2. The first-order valence-corrected chi connectivity index (χ1v) is 7.91. The number of aromatic nitrogens is 4. The Morgan fingerprint density at radius 2 is 1.92 bits per heavy atom. The Bertz CT molecular complexity index is 1030. The van der Waals surface area contributed by atoms with E-state index in [0.717, 1.165) is 33.7 Å². The molecule has 1 N–H and O–H groups in total. The van der Waals surface area contributed by atoms with E-state index in [4.69, 9.17) is 4.74 Å². The van der Waals surface area contributed by atoms with Crippen LogP contribution in [0.3, 0.4) is 0 Å². The topological polar surface area (TPSA) is 64.9 Å². The second-order valence-electron chi connectivity index (χ2n) is 5.67. The minimum absolute atomic E-state index is 0.551. The fourth-order valence-corrected chi connectivity index (χ4v) is 2.72. The summed E-state index contributed by atoms with van der Waals surface area (Å²) >= 11 is 0. The van der Waals surface area contributed by atoms with Gasteiger partial charge in [-0.3, -0.25) is 4.98 Å². The molecule has 0 aliphatic rings. The molecule has 6 nitrogen and oxygen atoms in total. The Labute approximate surface area is 145 Å². The molecule has 4 rings (SSSR count). The molecular formula is C19H17N5O. The van der Waals surface area contributed by atoms with Crippen LogP contribution in [0.1, 0.15) is 5.56 Å². The fourth-order valence-electron chi connectivity index (χ4n) is 2.72. The summed E-state index contributed by atoms with van der Waals surface area (Å²) in [7, 11) is 1.66. The molecule has 0 unspecified atom stereocenters. The maximum Gasteiger partial charge on any atom is 0.229 e.